The molecule has 0 aromatic rings. The van der Waals surface area contributed by atoms with Gasteiger partial charge in [-0.1, -0.05) is 0 Å². The van der Waals surface area contributed by atoms with E-state index < -0.39 is 5.97 Å². The summed E-state index contributed by atoms with van der Waals surface area (Å²) in [6, 6.07) is 0.414. The second kappa shape index (κ2) is 6.07. The fourth-order valence-corrected chi connectivity index (χ4v) is 2.63. The average Bonchev–Trinajstić information content (AvgIpc) is 2.31. The molecular weight excluding hydrogens is 232 g/mol. The molecule has 2 N–H and O–H groups in total. The lowest BCUT2D eigenvalue weighted by molar-refractivity contribution is -0.137. The lowest BCUT2D eigenvalue weighted by atomic mass is 9.92. The second-order valence-electron chi connectivity index (χ2n) is 5.46. The topological polar surface area (TPSA) is 69.6 Å². The van der Waals surface area contributed by atoms with Crippen LogP contribution in [0.2, 0.25) is 0 Å². The van der Waals surface area contributed by atoms with Gasteiger partial charge in [0.15, 0.2) is 0 Å². The fourth-order valence-electron chi connectivity index (χ4n) is 2.63. The SMILES string of the molecule is O=C(O)CCC1CCCN(C(=O)NC2CCC2)C1. The zero-order valence-corrected chi connectivity index (χ0v) is 10.7. The van der Waals surface area contributed by atoms with Crippen LogP contribution in [0.3, 0.4) is 0 Å². The summed E-state index contributed by atoms with van der Waals surface area (Å²) in [7, 11) is 0. The molecule has 0 spiro atoms. The Labute approximate surface area is 108 Å². The highest BCUT2D eigenvalue weighted by Crippen LogP contribution is 2.22. The predicted molar refractivity (Wildman–Crippen MR) is 67.3 cm³/mol. The third-order valence-corrected chi connectivity index (χ3v) is 4.01. The fraction of sp³-hybridized carbons (Fsp3) is 0.846. The van der Waals surface area contributed by atoms with Crippen LogP contribution in [0.4, 0.5) is 4.79 Å². The van der Waals surface area contributed by atoms with Crippen molar-refractivity contribution in [3.05, 3.63) is 0 Å². The van der Waals surface area contributed by atoms with Crippen molar-refractivity contribution in [1.29, 1.82) is 0 Å². The molecule has 5 heteroatoms. The number of carbonyl (C=O) groups is 2. The Morgan fingerprint density at radius 3 is 2.61 bits per heavy atom. The molecular formula is C13H22N2O3. The van der Waals surface area contributed by atoms with E-state index in [4.69, 9.17) is 5.11 Å². The Bertz CT molecular complexity index is 315. The van der Waals surface area contributed by atoms with Gasteiger partial charge in [-0.3, -0.25) is 4.79 Å². The summed E-state index contributed by atoms with van der Waals surface area (Å²) in [5.41, 5.74) is 0. The zero-order chi connectivity index (χ0) is 13.0. The van der Waals surface area contributed by atoms with Crippen molar-refractivity contribution >= 4 is 12.0 Å². The summed E-state index contributed by atoms with van der Waals surface area (Å²) in [4.78, 5) is 24.4. The minimum Gasteiger partial charge on any atom is -0.481 e. The Morgan fingerprint density at radius 1 is 1.22 bits per heavy atom. The lowest BCUT2D eigenvalue weighted by Crippen LogP contribution is -2.50. The number of carbonyl (C=O) groups excluding carboxylic acids is 1. The lowest BCUT2D eigenvalue weighted by Gasteiger charge is -2.35. The van der Waals surface area contributed by atoms with Gasteiger partial charge in [0.05, 0.1) is 0 Å². The first kappa shape index (κ1) is 13.2. The van der Waals surface area contributed by atoms with Crippen LogP contribution in [0, 0.1) is 5.92 Å². The number of nitrogens with zero attached hydrogens (tertiary/aromatic N) is 1. The van der Waals surface area contributed by atoms with Gasteiger partial charge >= 0.3 is 12.0 Å². The minimum absolute atomic E-state index is 0.0414. The van der Waals surface area contributed by atoms with E-state index >= 15 is 0 Å². The van der Waals surface area contributed by atoms with Crippen LogP contribution in [-0.2, 0) is 4.79 Å². The smallest absolute Gasteiger partial charge is 0.317 e. The van der Waals surface area contributed by atoms with Crippen LogP contribution in [0.15, 0.2) is 0 Å². The Kier molecular flexibility index (Phi) is 4.44. The number of aliphatic carboxylic acids is 1. The van der Waals surface area contributed by atoms with E-state index in [9.17, 15) is 9.59 Å². The molecule has 2 fully saturated rings. The number of hydrogen-bond acceptors (Lipinski definition) is 2. The Hall–Kier alpha value is -1.26. The van der Waals surface area contributed by atoms with Gasteiger partial charge in [0.1, 0.15) is 0 Å². The van der Waals surface area contributed by atoms with Gasteiger partial charge in [0, 0.05) is 25.6 Å². The average molecular weight is 254 g/mol. The second-order valence-corrected chi connectivity index (χ2v) is 5.46. The summed E-state index contributed by atoms with van der Waals surface area (Å²) >= 11 is 0. The van der Waals surface area contributed by atoms with Crippen LogP contribution in [0.1, 0.15) is 44.9 Å². The monoisotopic (exact) mass is 254 g/mol. The normalized spacial score (nSPS) is 24.4. The summed E-state index contributed by atoms with van der Waals surface area (Å²) in [5.74, 6) is -0.395. The summed E-state index contributed by atoms with van der Waals surface area (Å²) in [6.45, 7) is 1.52. The van der Waals surface area contributed by atoms with Crippen molar-refractivity contribution in [1.82, 2.24) is 10.2 Å². The van der Waals surface area contributed by atoms with Crippen LogP contribution in [-0.4, -0.2) is 41.1 Å². The molecule has 0 aromatic heterocycles. The number of carboxylic acids is 1. The molecule has 1 aliphatic heterocycles. The summed E-state index contributed by atoms with van der Waals surface area (Å²) in [6.07, 6.45) is 6.34. The molecule has 2 rings (SSSR count). The van der Waals surface area contributed by atoms with E-state index in [-0.39, 0.29) is 12.5 Å². The molecule has 102 valence electrons. The molecule has 0 aromatic carbocycles. The van der Waals surface area contributed by atoms with E-state index in [0.717, 1.165) is 32.2 Å². The first-order valence-electron chi connectivity index (χ1n) is 6.92. The van der Waals surface area contributed by atoms with E-state index in [2.05, 4.69) is 5.32 Å². The van der Waals surface area contributed by atoms with Gasteiger partial charge < -0.3 is 15.3 Å². The third-order valence-electron chi connectivity index (χ3n) is 4.01. The molecule has 1 saturated carbocycles. The molecule has 2 amide bonds. The van der Waals surface area contributed by atoms with Gasteiger partial charge in [-0.2, -0.15) is 0 Å². The van der Waals surface area contributed by atoms with Gasteiger partial charge in [-0.05, 0) is 44.4 Å². The van der Waals surface area contributed by atoms with Crippen molar-refractivity contribution in [3.8, 4) is 0 Å². The molecule has 0 radical (unpaired) electrons. The zero-order valence-electron chi connectivity index (χ0n) is 10.7. The van der Waals surface area contributed by atoms with Crippen LogP contribution < -0.4 is 5.32 Å². The molecule has 18 heavy (non-hydrogen) atoms. The number of likely N-dealkylation sites (tertiary alicyclic amines) is 1. The minimum atomic E-state index is -0.744. The van der Waals surface area contributed by atoms with Gasteiger partial charge in [0.25, 0.3) is 0 Å². The molecule has 0 bridgehead atoms. The van der Waals surface area contributed by atoms with Crippen molar-refractivity contribution in [2.75, 3.05) is 13.1 Å². The number of hydrogen-bond donors (Lipinski definition) is 2. The first-order chi connectivity index (χ1) is 8.65. The van der Waals surface area contributed by atoms with Crippen molar-refractivity contribution in [2.24, 2.45) is 5.92 Å². The highest BCUT2D eigenvalue weighted by molar-refractivity contribution is 5.74. The molecule has 1 heterocycles. The van der Waals surface area contributed by atoms with Gasteiger partial charge in [-0.25, -0.2) is 4.79 Å². The maximum absolute atomic E-state index is 12.0. The maximum Gasteiger partial charge on any atom is 0.317 e. The highest BCUT2D eigenvalue weighted by atomic mass is 16.4. The molecule has 5 nitrogen and oxygen atoms in total. The van der Waals surface area contributed by atoms with Gasteiger partial charge in [0.2, 0.25) is 0 Å². The highest BCUT2D eigenvalue weighted by Gasteiger charge is 2.27. The van der Waals surface area contributed by atoms with Crippen molar-refractivity contribution < 1.29 is 14.7 Å². The first-order valence-corrected chi connectivity index (χ1v) is 6.92. The van der Waals surface area contributed by atoms with Crippen molar-refractivity contribution in [3.63, 3.8) is 0 Å². The van der Waals surface area contributed by atoms with E-state index in [0.29, 0.717) is 24.9 Å². The van der Waals surface area contributed by atoms with E-state index in [1.54, 1.807) is 0 Å². The predicted octanol–water partition coefficient (Wildman–Crippen LogP) is 1.83. The number of piperidine rings is 1. The molecule has 1 aliphatic carbocycles. The van der Waals surface area contributed by atoms with E-state index in [1.807, 2.05) is 4.90 Å². The quantitative estimate of drug-likeness (QED) is 0.804. The van der Waals surface area contributed by atoms with E-state index in [1.165, 1.54) is 6.42 Å². The van der Waals surface area contributed by atoms with Crippen molar-refractivity contribution in [2.45, 2.75) is 51.0 Å². The third kappa shape index (κ3) is 3.62. The molecule has 1 saturated heterocycles. The summed E-state index contributed by atoms with van der Waals surface area (Å²) < 4.78 is 0. The van der Waals surface area contributed by atoms with Gasteiger partial charge in [-0.15, -0.1) is 0 Å². The number of carboxylic acid groups (broad SMARTS) is 1. The number of amides is 2. The number of urea groups is 1. The van der Waals surface area contributed by atoms with Crippen LogP contribution in [0.25, 0.3) is 0 Å². The maximum atomic E-state index is 12.0. The number of rotatable bonds is 4. The standard InChI is InChI=1S/C13H22N2O3/c16-12(17)7-6-10-3-2-8-15(9-10)13(18)14-11-4-1-5-11/h10-11H,1-9H2,(H,14,18)(H,16,17). The summed E-state index contributed by atoms with van der Waals surface area (Å²) in [5, 5.41) is 11.7. The molecule has 1 unspecified atom stereocenters. The largest absolute Gasteiger partial charge is 0.481 e. The van der Waals surface area contributed by atoms with Crippen LogP contribution >= 0.6 is 0 Å². The number of nitrogens with one attached hydrogen (secondary N) is 1. The Balaban J connectivity index is 1.74. The Morgan fingerprint density at radius 2 is 2.00 bits per heavy atom. The molecule has 1 atom stereocenters. The molecule has 2 aliphatic rings. The van der Waals surface area contributed by atoms with Crippen LogP contribution in [0.5, 0.6) is 0 Å².